The standard InChI is InChI=1S/C15H13N5/c16-14(10-4-2-1-3-5-10)6-12-13(9-18-15(12)17)11-7-19-20-8-11/h1-9,17H,16H2,(H,19,20). The van der Waals surface area contributed by atoms with Crippen molar-refractivity contribution in [3.8, 4) is 0 Å². The number of allylic oxidation sites excluding steroid dienone is 1. The smallest absolute Gasteiger partial charge is 0.152 e. The molecule has 98 valence electrons. The van der Waals surface area contributed by atoms with Crippen LogP contribution in [0.5, 0.6) is 0 Å². The van der Waals surface area contributed by atoms with E-state index in [0.29, 0.717) is 11.3 Å². The number of hydrogen-bond donors (Lipinski definition) is 3. The molecule has 2 aromatic rings. The van der Waals surface area contributed by atoms with Gasteiger partial charge < -0.3 is 5.73 Å². The van der Waals surface area contributed by atoms with E-state index in [1.54, 1.807) is 24.7 Å². The molecule has 0 bridgehead atoms. The van der Waals surface area contributed by atoms with E-state index in [9.17, 15) is 0 Å². The third kappa shape index (κ3) is 2.16. The maximum Gasteiger partial charge on any atom is 0.152 e. The maximum atomic E-state index is 7.91. The number of benzene rings is 1. The van der Waals surface area contributed by atoms with Gasteiger partial charge in [-0.2, -0.15) is 5.10 Å². The van der Waals surface area contributed by atoms with Crippen LogP contribution in [0, 0.1) is 5.41 Å². The Morgan fingerprint density at radius 3 is 2.75 bits per heavy atom. The normalized spacial score (nSPS) is 15.2. The Kier molecular flexibility index (Phi) is 3.01. The molecule has 5 heteroatoms. The Morgan fingerprint density at radius 2 is 2.05 bits per heavy atom. The number of rotatable bonds is 3. The zero-order valence-corrected chi connectivity index (χ0v) is 10.7. The molecule has 1 aliphatic heterocycles. The zero-order valence-electron chi connectivity index (χ0n) is 10.7. The minimum absolute atomic E-state index is 0.208. The molecular weight excluding hydrogens is 250 g/mol. The highest BCUT2D eigenvalue weighted by Gasteiger charge is 2.17. The van der Waals surface area contributed by atoms with Gasteiger partial charge in [-0.15, -0.1) is 0 Å². The number of amidine groups is 1. The predicted molar refractivity (Wildman–Crippen MR) is 80.3 cm³/mol. The van der Waals surface area contributed by atoms with E-state index < -0.39 is 0 Å². The van der Waals surface area contributed by atoms with Gasteiger partial charge in [-0.25, -0.2) is 4.99 Å². The van der Waals surface area contributed by atoms with Crippen LogP contribution in [-0.2, 0) is 0 Å². The number of nitrogens with zero attached hydrogens (tertiary/aromatic N) is 2. The molecule has 0 spiro atoms. The summed E-state index contributed by atoms with van der Waals surface area (Å²) in [4.78, 5) is 4.04. The number of aromatic nitrogens is 2. The Bertz CT molecular complexity index is 721. The first-order valence-electron chi connectivity index (χ1n) is 6.15. The van der Waals surface area contributed by atoms with Crippen molar-refractivity contribution in [2.45, 2.75) is 0 Å². The highest BCUT2D eigenvalue weighted by Crippen LogP contribution is 2.24. The monoisotopic (exact) mass is 263 g/mol. The molecule has 20 heavy (non-hydrogen) atoms. The molecule has 0 unspecified atom stereocenters. The second-order valence-corrected chi connectivity index (χ2v) is 4.39. The predicted octanol–water partition coefficient (Wildman–Crippen LogP) is 2.22. The van der Waals surface area contributed by atoms with Gasteiger partial charge in [-0.05, 0) is 11.6 Å². The Morgan fingerprint density at radius 1 is 1.25 bits per heavy atom. The molecule has 5 nitrogen and oxygen atoms in total. The molecule has 4 N–H and O–H groups in total. The van der Waals surface area contributed by atoms with Gasteiger partial charge >= 0.3 is 0 Å². The molecule has 1 aromatic carbocycles. The molecule has 0 fully saturated rings. The highest BCUT2D eigenvalue weighted by molar-refractivity contribution is 6.29. The van der Waals surface area contributed by atoms with Crippen molar-refractivity contribution in [3.63, 3.8) is 0 Å². The van der Waals surface area contributed by atoms with Crippen molar-refractivity contribution in [3.05, 3.63) is 65.5 Å². The van der Waals surface area contributed by atoms with Crippen LogP contribution in [0.15, 0.2) is 59.4 Å². The molecule has 0 radical (unpaired) electrons. The molecule has 3 rings (SSSR count). The summed E-state index contributed by atoms with van der Waals surface area (Å²) < 4.78 is 0. The summed E-state index contributed by atoms with van der Waals surface area (Å²) in [5.41, 5.74) is 10.1. The van der Waals surface area contributed by atoms with E-state index in [0.717, 1.165) is 16.7 Å². The van der Waals surface area contributed by atoms with Crippen LogP contribution < -0.4 is 5.73 Å². The molecule has 1 aromatic heterocycles. The number of nitrogens with two attached hydrogens (primary N) is 1. The SMILES string of the molecule is N=C1N=CC(c2cn[nH]c2)=C1C=C(N)c1ccccc1. The Labute approximate surface area is 116 Å². The van der Waals surface area contributed by atoms with Crippen LogP contribution in [0.1, 0.15) is 11.1 Å². The summed E-state index contributed by atoms with van der Waals surface area (Å²) >= 11 is 0. The average molecular weight is 263 g/mol. The number of aliphatic imine (C=N–C) groups is 1. The van der Waals surface area contributed by atoms with Gasteiger partial charge in [0, 0.05) is 34.8 Å². The van der Waals surface area contributed by atoms with Crippen LogP contribution in [0.3, 0.4) is 0 Å². The summed E-state index contributed by atoms with van der Waals surface area (Å²) in [6.45, 7) is 0. The Balaban J connectivity index is 2.04. The van der Waals surface area contributed by atoms with Gasteiger partial charge in [0.05, 0.1) is 6.20 Å². The van der Waals surface area contributed by atoms with Crippen molar-refractivity contribution >= 4 is 23.3 Å². The molecule has 0 aliphatic carbocycles. The molecule has 0 saturated carbocycles. The van der Waals surface area contributed by atoms with E-state index in [1.807, 2.05) is 30.3 Å². The van der Waals surface area contributed by atoms with E-state index in [-0.39, 0.29) is 5.84 Å². The van der Waals surface area contributed by atoms with Gasteiger partial charge in [0.25, 0.3) is 0 Å². The lowest BCUT2D eigenvalue weighted by atomic mass is 10.0. The van der Waals surface area contributed by atoms with Crippen molar-refractivity contribution in [1.82, 2.24) is 10.2 Å². The van der Waals surface area contributed by atoms with Gasteiger partial charge in [-0.1, -0.05) is 30.3 Å². The summed E-state index contributed by atoms with van der Waals surface area (Å²) in [5.74, 6) is 0.208. The quantitative estimate of drug-likeness (QED) is 0.792. The van der Waals surface area contributed by atoms with Crippen LogP contribution in [0.2, 0.25) is 0 Å². The summed E-state index contributed by atoms with van der Waals surface area (Å²) in [5, 5.41) is 14.6. The van der Waals surface area contributed by atoms with E-state index >= 15 is 0 Å². The molecular formula is C15H13N5. The minimum Gasteiger partial charge on any atom is -0.398 e. The Hall–Kier alpha value is -2.95. The first-order valence-corrected chi connectivity index (χ1v) is 6.15. The number of aromatic amines is 1. The lowest BCUT2D eigenvalue weighted by molar-refractivity contribution is 1.09. The second kappa shape index (κ2) is 4.97. The van der Waals surface area contributed by atoms with Gasteiger partial charge in [0.15, 0.2) is 5.84 Å². The number of hydrogen-bond acceptors (Lipinski definition) is 3. The summed E-state index contributed by atoms with van der Waals surface area (Å²) in [6.07, 6.45) is 6.92. The van der Waals surface area contributed by atoms with Crippen LogP contribution in [-0.4, -0.2) is 22.2 Å². The van der Waals surface area contributed by atoms with Crippen molar-refractivity contribution in [1.29, 1.82) is 5.41 Å². The maximum absolute atomic E-state index is 7.91. The summed E-state index contributed by atoms with van der Waals surface area (Å²) in [7, 11) is 0. The van der Waals surface area contributed by atoms with Crippen LogP contribution in [0.4, 0.5) is 0 Å². The summed E-state index contributed by atoms with van der Waals surface area (Å²) in [6, 6.07) is 9.66. The fourth-order valence-corrected chi connectivity index (χ4v) is 2.04. The first-order chi connectivity index (χ1) is 9.75. The van der Waals surface area contributed by atoms with Gasteiger partial charge in [0.1, 0.15) is 0 Å². The highest BCUT2D eigenvalue weighted by atomic mass is 15.1. The van der Waals surface area contributed by atoms with Crippen LogP contribution in [0.25, 0.3) is 11.3 Å². The number of nitrogens with one attached hydrogen (secondary N) is 2. The topological polar surface area (TPSA) is 90.9 Å². The number of H-pyrrole nitrogens is 1. The van der Waals surface area contributed by atoms with Gasteiger partial charge in [-0.3, -0.25) is 10.5 Å². The van der Waals surface area contributed by atoms with E-state index in [4.69, 9.17) is 11.1 Å². The molecule has 0 saturated heterocycles. The van der Waals surface area contributed by atoms with E-state index in [1.165, 1.54) is 0 Å². The molecule has 0 amide bonds. The van der Waals surface area contributed by atoms with Crippen molar-refractivity contribution in [2.24, 2.45) is 10.7 Å². The second-order valence-electron chi connectivity index (χ2n) is 4.39. The van der Waals surface area contributed by atoms with Gasteiger partial charge in [0.2, 0.25) is 0 Å². The molecule has 2 heterocycles. The van der Waals surface area contributed by atoms with Crippen LogP contribution >= 0.6 is 0 Å². The average Bonchev–Trinajstić information content (AvgIpc) is 3.11. The molecule has 1 aliphatic rings. The molecule has 0 atom stereocenters. The first kappa shape index (κ1) is 12.1. The minimum atomic E-state index is 0.208. The zero-order chi connectivity index (χ0) is 13.9. The van der Waals surface area contributed by atoms with Crippen molar-refractivity contribution < 1.29 is 0 Å². The third-order valence-electron chi connectivity index (χ3n) is 3.08. The van der Waals surface area contributed by atoms with Crippen molar-refractivity contribution in [2.75, 3.05) is 0 Å². The fourth-order valence-electron chi connectivity index (χ4n) is 2.04. The lowest BCUT2D eigenvalue weighted by Gasteiger charge is -2.04. The lowest BCUT2D eigenvalue weighted by Crippen LogP contribution is -2.00. The fraction of sp³-hybridized carbons (Fsp3) is 0. The van der Waals surface area contributed by atoms with E-state index in [2.05, 4.69) is 15.2 Å². The third-order valence-corrected chi connectivity index (χ3v) is 3.08. The largest absolute Gasteiger partial charge is 0.398 e.